The maximum atomic E-state index is 14.8. The van der Waals surface area contributed by atoms with Gasteiger partial charge in [-0.1, -0.05) is 31.0 Å². The number of halogens is 3. The molecule has 1 unspecified atom stereocenters. The van der Waals surface area contributed by atoms with Crippen molar-refractivity contribution in [3.63, 3.8) is 0 Å². The smallest absolute Gasteiger partial charge is 0.358 e. The van der Waals surface area contributed by atoms with Gasteiger partial charge in [-0.15, -0.1) is 0 Å². The second-order valence-electron chi connectivity index (χ2n) is 9.51. The Hall–Kier alpha value is -3.04. The maximum absolute atomic E-state index is 14.8. The average Bonchev–Trinajstić information content (AvgIpc) is 3.21. The van der Waals surface area contributed by atoms with Gasteiger partial charge in [-0.25, -0.2) is 18.6 Å². The van der Waals surface area contributed by atoms with E-state index in [1.165, 1.54) is 18.2 Å². The molecule has 4 rings (SSSR count). The van der Waals surface area contributed by atoms with E-state index in [2.05, 4.69) is 10.3 Å². The largest absolute Gasteiger partial charge is 0.423 e. The summed E-state index contributed by atoms with van der Waals surface area (Å²) in [6, 6.07) is 9.88. The highest BCUT2D eigenvalue weighted by Crippen LogP contribution is 2.62. The summed E-state index contributed by atoms with van der Waals surface area (Å²) in [6.45, 7) is 7.30. The van der Waals surface area contributed by atoms with E-state index in [9.17, 15) is 18.1 Å². The first-order valence-electron chi connectivity index (χ1n) is 13.5. The minimum absolute atomic E-state index is 0.0407. The fourth-order valence-electron chi connectivity index (χ4n) is 4.68. The fourth-order valence-corrected chi connectivity index (χ4v) is 7.03. The van der Waals surface area contributed by atoms with Gasteiger partial charge in [0.15, 0.2) is 10.9 Å². The molecule has 0 radical (unpaired) electrons. The zero-order chi connectivity index (χ0) is 29.7. The molecule has 2 aromatic carbocycles. The van der Waals surface area contributed by atoms with Gasteiger partial charge in [-0.2, -0.15) is 0 Å². The van der Waals surface area contributed by atoms with Crippen molar-refractivity contribution >= 4 is 35.9 Å². The summed E-state index contributed by atoms with van der Waals surface area (Å²) in [5.74, 6) is -2.07. The molecule has 220 valence electrons. The van der Waals surface area contributed by atoms with Crippen LogP contribution in [0.2, 0.25) is 5.15 Å². The summed E-state index contributed by atoms with van der Waals surface area (Å²) in [5, 5.41) is 4.00. The topological polar surface area (TPSA) is 95.6 Å². The summed E-state index contributed by atoms with van der Waals surface area (Å²) in [5.41, 5.74) is 1.49. The van der Waals surface area contributed by atoms with Gasteiger partial charge >= 0.3 is 13.2 Å². The minimum atomic E-state index is -3.99. The number of imidazole rings is 1. The van der Waals surface area contributed by atoms with Gasteiger partial charge in [0.2, 0.25) is 0 Å². The summed E-state index contributed by atoms with van der Waals surface area (Å²) < 4.78 is 61.5. The van der Waals surface area contributed by atoms with E-state index in [4.69, 9.17) is 25.1 Å². The molecule has 0 amide bonds. The number of rotatable bonds is 13. The van der Waals surface area contributed by atoms with E-state index in [-0.39, 0.29) is 36.2 Å². The summed E-state index contributed by atoms with van der Waals surface area (Å²) in [4.78, 5) is 16.6. The molecule has 1 N–H and O–H groups in total. The number of aryl methyl sites for hydroxylation is 2. The molecule has 0 saturated carbocycles. The Labute approximate surface area is 242 Å². The molecule has 2 heterocycles. The first-order chi connectivity index (χ1) is 19.6. The molecule has 0 bridgehead atoms. The zero-order valence-corrected chi connectivity index (χ0v) is 25.0. The van der Waals surface area contributed by atoms with Crippen molar-refractivity contribution in [1.82, 2.24) is 9.55 Å². The molecule has 4 aromatic rings. The Morgan fingerprint density at radius 3 is 2.49 bits per heavy atom. The SMILES string of the molecule is CCCCc1nc(Cl)c(C(Nc2ccc3c(C)cc(=O)oc3c2)P(=O)(OCC)OCC)n1Cc1ccc(F)cc1F. The van der Waals surface area contributed by atoms with E-state index < -0.39 is 30.6 Å². The molecule has 0 aliphatic heterocycles. The van der Waals surface area contributed by atoms with E-state index in [0.29, 0.717) is 23.5 Å². The van der Waals surface area contributed by atoms with Crippen molar-refractivity contribution in [2.24, 2.45) is 0 Å². The number of benzene rings is 2. The number of nitrogens with one attached hydrogen (secondary N) is 1. The predicted molar refractivity (Wildman–Crippen MR) is 156 cm³/mol. The van der Waals surface area contributed by atoms with Gasteiger partial charge in [-0.05, 0) is 51.0 Å². The first-order valence-corrected chi connectivity index (χ1v) is 15.5. The number of unbranched alkanes of at least 4 members (excludes halogenated alkanes) is 1. The van der Waals surface area contributed by atoms with Gasteiger partial charge in [0.1, 0.15) is 23.0 Å². The Bertz CT molecular complexity index is 1630. The number of hydrogen-bond donors (Lipinski definition) is 1. The van der Waals surface area contributed by atoms with Crippen LogP contribution >= 0.6 is 19.2 Å². The number of anilines is 1. The minimum Gasteiger partial charge on any atom is -0.423 e. The van der Waals surface area contributed by atoms with Crippen molar-refractivity contribution in [2.75, 3.05) is 18.5 Å². The summed E-state index contributed by atoms with van der Waals surface area (Å²) >= 11 is 6.75. The van der Waals surface area contributed by atoms with Gasteiger partial charge in [-0.3, -0.25) is 4.57 Å². The van der Waals surface area contributed by atoms with Gasteiger partial charge in [0.25, 0.3) is 0 Å². The fraction of sp³-hybridized carbons (Fsp3) is 0.379. The Balaban J connectivity index is 1.91. The second-order valence-corrected chi connectivity index (χ2v) is 12.0. The lowest BCUT2D eigenvalue weighted by molar-refractivity contribution is 0.213. The molecule has 0 aliphatic rings. The van der Waals surface area contributed by atoms with Crippen LogP contribution in [0.1, 0.15) is 62.0 Å². The molecule has 41 heavy (non-hydrogen) atoms. The van der Waals surface area contributed by atoms with Crippen LogP contribution in [0.15, 0.2) is 51.7 Å². The van der Waals surface area contributed by atoms with Crippen molar-refractivity contribution in [1.29, 1.82) is 0 Å². The molecule has 2 aromatic heterocycles. The molecule has 8 nitrogen and oxygen atoms in total. The van der Waals surface area contributed by atoms with E-state index in [1.807, 2.05) is 6.92 Å². The second kappa shape index (κ2) is 13.3. The number of nitrogens with zero attached hydrogens (tertiary/aromatic N) is 2. The van der Waals surface area contributed by atoms with Crippen LogP contribution < -0.4 is 10.9 Å². The third kappa shape index (κ3) is 6.89. The van der Waals surface area contributed by atoms with Crippen molar-refractivity contribution in [2.45, 2.75) is 59.3 Å². The summed E-state index contributed by atoms with van der Waals surface area (Å²) in [6.07, 6.45) is 2.15. The summed E-state index contributed by atoms with van der Waals surface area (Å²) in [7, 11) is -3.99. The first kappa shape index (κ1) is 30.9. The molecule has 0 saturated heterocycles. The Kier molecular flexibility index (Phi) is 10.0. The molecule has 0 aliphatic carbocycles. The number of fused-ring (bicyclic) bond motifs is 1. The average molecular weight is 608 g/mol. The molecule has 1 atom stereocenters. The van der Waals surface area contributed by atoms with E-state index >= 15 is 0 Å². The highest BCUT2D eigenvalue weighted by Gasteiger charge is 2.42. The number of aromatic nitrogens is 2. The lowest BCUT2D eigenvalue weighted by Gasteiger charge is -2.29. The van der Waals surface area contributed by atoms with Gasteiger partial charge < -0.3 is 23.3 Å². The normalized spacial score (nSPS) is 12.7. The molecular weight excluding hydrogens is 575 g/mol. The van der Waals surface area contributed by atoms with Crippen LogP contribution in [0.3, 0.4) is 0 Å². The van der Waals surface area contributed by atoms with Crippen LogP contribution in [0.4, 0.5) is 14.5 Å². The van der Waals surface area contributed by atoms with E-state index in [0.717, 1.165) is 29.9 Å². The quantitative estimate of drug-likeness (QED) is 0.121. The van der Waals surface area contributed by atoms with Gasteiger partial charge in [0, 0.05) is 41.3 Å². The van der Waals surface area contributed by atoms with Gasteiger partial charge in [0.05, 0.1) is 25.5 Å². The van der Waals surface area contributed by atoms with Crippen molar-refractivity contribution in [3.8, 4) is 0 Å². The highest BCUT2D eigenvalue weighted by molar-refractivity contribution is 7.54. The van der Waals surface area contributed by atoms with Crippen LogP contribution in [0.5, 0.6) is 0 Å². The maximum Gasteiger partial charge on any atom is 0.358 e. The van der Waals surface area contributed by atoms with Crippen LogP contribution in [-0.4, -0.2) is 22.8 Å². The Morgan fingerprint density at radius 1 is 1.10 bits per heavy atom. The monoisotopic (exact) mass is 607 g/mol. The standard InChI is InChI=1S/C29H33ClF2N3O5P/c1-5-8-9-25-34-28(30)27(35(25)17-19-10-11-20(31)15-23(19)32)29(41(37,38-6-2)39-7-3)33-21-12-13-22-18(4)14-26(36)40-24(22)16-21/h10-16,29,33H,5-9,17H2,1-4H3. The lowest BCUT2D eigenvalue weighted by Crippen LogP contribution is -2.21. The van der Waals surface area contributed by atoms with E-state index in [1.54, 1.807) is 43.5 Å². The molecule has 12 heteroatoms. The van der Waals surface area contributed by atoms with Crippen molar-refractivity contribution in [3.05, 3.63) is 92.3 Å². The van der Waals surface area contributed by atoms with Crippen molar-refractivity contribution < 1.29 is 26.8 Å². The zero-order valence-electron chi connectivity index (χ0n) is 23.4. The highest BCUT2D eigenvalue weighted by atomic mass is 35.5. The van der Waals surface area contributed by atoms with Crippen LogP contribution in [0.25, 0.3) is 11.0 Å². The third-order valence-corrected chi connectivity index (χ3v) is 9.11. The molecular formula is C29H33ClF2N3O5P. The Morgan fingerprint density at radius 2 is 1.83 bits per heavy atom. The third-order valence-electron chi connectivity index (χ3n) is 6.59. The molecule has 0 spiro atoms. The molecule has 0 fully saturated rings. The number of hydrogen-bond acceptors (Lipinski definition) is 7. The lowest BCUT2D eigenvalue weighted by atomic mass is 10.1. The predicted octanol–water partition coefficient (Wildman–Crippen LogP) is 8.00. The van der Waals surface area contributed by atoms with Crippen LogP contribution in [-0.2, 0) is 26.6 Å². The van der Waals surface area contributed by atoms with Crippen LogP contribution in [0, 0.1) is 18.6 Å².